The van der Waals surface area contributed by atoms with Crippen LogP contribution in [0, 0.1) is 6.92 Å². The fourth-order valence-electron chi connectivity index (χ4n) is 1.91. The third kappa shape index (κ3) is 3.60. The van der Waals surface area contributed by atoms with Crippen molar-refractivity contribution in [3.63, 3.8) is 0 Å². The Morgan fingerprint density at radius 2 is 2.20 bits per heavy atom. The highest BCUT2D eigenvalue weighted by Crippen LogP contribution is 2.14. The zero-order chi connectivity index (χ0) is 14.5. The first kappa shape index (κ1) is 14.1. The average molecular weight is 273 g/mol. The lowest BCUT2D eigenvalue weighted by molar-refractivity contribution is -0.118. The highest BCUT2D eigenvalue weighted by Gasteiger charge is 2.07. The minimum absolute atomic E-state index is 0.0165. The van der Waals surface area contributed by atoms with Gasteiger partial charge in [0.2, 0.25) is 0 Å². The maximum atomic E-state index is 11.8. The van der Waals surface area contributed by atoms with Gasteiger partial charge in [-0.2, -0.15) is 5.10 Å². The number of nitrogens with zero attached hydrogens (tertiary/aromatic N) is 2. The van der Waals surface area contributed by atoms with Crippen molar-refractivity contribution >= 4 is 11.7 Å². The monoisotopic (exact) mass is 273 g/mol. The molecule has 0 aliphatic heterocycles. The molecular weight excluding hydrogens is 254 g/mol. The Hall–Kier alpha value is -2.30. The first-order valence-electron chi connectivity index (χ1n) is 6.60. The van der Waals surface area contributed by atoms with Crippen LogP contribution in [0.25, 0.3) is 0 Å². The second kappa shape index (κ2) is 6.23. The second-order valence-electron chi connectivity index (χ2n) is 4.63. The van der Waals surface area contributed by atoms with Gasteiger partial charge in [0.05, 0.1) is 5.69 Å². The summed E-state index contributed by atoms with van der Waals surface area (Å²) >= 11 is 0. The van der Waals surface area contributed by atoms with E-state index in [1.165, 1.54) is 5.56 Å². The molecule has 1 N–H and O–H groups in total. The van der Waals surface area contributed by atoms with Gasteiger partial charge in [-0.15, -0.1) is 0 Å². The highest BCUT2D eigenvalue weighted by atomic mass is 16.5. The Balaban J connectivity index is 1.90. The molecule has 1 aromatic carbocycles. The fourth-order valence-corrected chi connectivity index (χ4v) is 1.91. The van der Waals surface area contributed by atoms with Gasteiger partial charge in [-0.1, -0.05) is 19.1 Å². The van der Waals surface area contributed by atoms with Gasteiger partial charge >= 0.3 is 0 Å². The van der Waals surface area contributed by atoms with Gasteiger partial charge < -0.3 is 10.1 Å². The predicted octanol–water partition coefficient (Wildman–Crippen LogP) is 2.31. The topological polar surface area (TPSA) is 56.1 Å². The summed E-state index contributed by atoms with van der Waals surface area (Å²) in [6.07, 6.45) is 0.942. The minimum Gasteiger partial charge on any atom is -0.484 e. The molecule has 20 heavy (non-hydrogen) atoms. The molecule has 0 radical (unpaired) electrons. The Kier molecular flexibility index (Phi) is 4.40. The van der Waals surface area contributed by atoms with Gasteiger partial charge in [0.1, 0.15) is 11.6 Å². The first-order chi connectivity index (χ1) is 9.58. The summed E-state index contributed by atoms with van der Waals surface area (Å²) in [6, 6.07) is 9.57. The quantitative estimate of drug-likeness (QED) is 0.909. The summed E-state index contributed by atoms with van der Waals surface area (Å²) in [6.45, 7) is 3.94. The SMILES string of the molecule is CCc1cccc(OCC(=O)Nc2cc(C)nn2C)c1. The molecule has 0 saturated heterocycles. The number of rotatable bonds is 5. The Bertz CT molecular complexity index is 605. The zero-order valence-corrected chi connectivity index (χ0v) is 12.0. The van der Waals surface area contributed by atoms with Crippen LogP contribution in [0.3, 0.4) is 0 Å². The summed E-state index contributed by atoms with van der Waals surface area (Å²) < 4.78 is 7.12. The normalized spacial score (nSPS) is 10.3. The van der Waals surface area contributed by atoms with E-state index in [0.29, 0.717) is 11.6 Å². The molecule has 0 atom stereocenters. The Labute approximate surface area is 118 Å². The number of aryl methyl sites for hydroxylation is 3. The number of carbonyl (C=O) groups is 1. The summed E-state index contributed by atoms with van der Waals surface area (Å²) in [5.41, 5.74) is 2.05. The molecule has 0 aliphatic carbocycles. The average Bonchev–Trinajstić information content (AvgIpc) is 2.75. The Morgan fingerprint density at radius 1 is 1.40 bits per heavy atom. The van der Waals surface area contributed by atoms with Crippen molar-refractivity contribution in [2.24, 2.45) is 7.05 Å². The van der Waals surface area contributed by atoms with Crippen molar-refractivity contribution in [2.75, 3.05) is 11.9 Å². The first-order valence-corrected chi connectivity index (χ1v) is 6.60. The molecule has 0 spiro atoms. The molecule has 0 fully saturated rings. The fraction of sp³-hybridized carbons (Fsp3) is 0.333. The molecule has 0 bridgehead atoms. The van der Waals surface area contributed by atoms with Gasteiger partial charge in [0.15, 0.2) is 6.61 Å². The molecule has 1 heterocycles. The number of ether oxygens (including phenoxy) is 1. The van der Waals surface area contributed by atoms with Crippen LogP contribution in [0.4, 0.5) is 5.82 Å². The molecule has 2 rings (SSSR count). The van der Waals surface area contributed by atoms with Crippen LogP contribution in [0.1, 0.15) is 18.2 Å². The molecular formula is C15H19N3O2. The number of hydrogen-bond donors (Lipinski definition) is 1. The van der Waals surface area contributed by atoms with Gasteiger partial charge in [-0.25, -0.2) is 0 Å². The summed E-state index contributed by atoms with van der Waals surface area (Å²) in [5, 5.41) is 6.93. The van der Waals surface area contributed by atoms with Crippen molar-refractivity contribution in [1.82, 2.24) is 9.78 Å². The van der Waals surface area contributed by atoms with E-state index in [0.717, 1.165) is 12.1 Å². The molecule has 5 heteroatoms. The van der Waals surface area contributed by atoms with Crippen LogP contribution in [-0.4, -0.2) is 22.3 Å². The number of hydrogen-bond acceptors (Lipinski definition) is 3. The number of amides is 1. The van der Waals surface area contributed by atoms with E-state index in [9.17, 15) is 4.79 Å². The predicted molar refractivity (Wildman–Crippen MR) is 77.9 cm³/mol. The number of benzene rings is 1. The largest absolute Gasteiger partial charge is 0.484 e. The molecule has 0 aliphatic rings. The smallest absolute Gasteiger partial charge is 0.263 e. The zero-order valence-electron chi connectivity index (χ0n) is 12.0. The molecule has 0 saturated carbocycles. The van der Waals surface area contributed by atoms with Crippen LogP contribution in [0.15, 0.2) is 30.3 Å². The molecule has 2 aromatic rings. The van der Waals surface area contributed by atoms with Crippen LogP contribution in [0.5, 0.6) is 5.75 Å². The summed E-state index contributed by atoms with van der Waals surface area (Å²) in [5.74, 6) is 1.17. The number of anilines is 1. The second-order valence-corrected chi connectivity index (χ2v) is 4.63. The van der Waals surface area contributed by atoms with Crippen LogP contribution < -0.4 is 10.1 Å². The van der Waals surface area contributed by atoms with Gasteiger partial charge in [-0.05, 0) is 31.0 Å². The summed E-state index contributed by atoms with van der Waals surface area (Å²) in [4.78, 5) is 11.8. The minimum atomic E-state index is -0.199. The molecule has 1 amide bonds. The molecule has 1 aromatic heterocycles. The van der Waals surface area contributed by atoms with Gasteiger partial charge in [0, 0.05) is 13.1 Å². The highest BCUT2D eigenvalue weighted by molar-refractivity contribution is 5.91. The third-order valence-corrected chi connectivity index (χ3v) is 2.95. The number of carbonyl (C=O) groups excluding carboxylic acids is 1. The maximum absolute atomic E-state index is 11.8. The lowest BCUT2D eigenvalue weighted by Crippen LogP contribution is -2.21. The van der Waals surface area contributed by atoms with E-state index >= 15 is 0 Å². The van der Waals surface area contributed by atoms with Gasteiger partial charge in [-0.3, -0.25) is 9.48 Å². The maximum Gasteiger partial charge on any atom is 0.263 e. The van der Waals surface area contributed by atoms with Gasteiger partial charge in [0.25, 0.3) is 5.91 Å². The third-order valence-electron chi connectivity index (χ3n) is 2.95. The van der Waals surface area contributed by atoms with Crippen molar-refractivity contribution in [3.05, 3.63) is 41.6 Å². The van der Waals surface area contributed by atoms with Crippen LogP contribution in [-0.2, 0) is 18.3 Å². The number of nitrogens with one attached hydrogen (secondary N) is 1. The van der Waals surface area contributed by atoms with Crippen LogP contribution in [0.2, 0.25) is 0 Å². The van der Waals surface area contributed by atoms with Crippen molar-refractivity contribution in [1.29, 1.82) is 0 Å². The van der Waals surface area contributed by atoms with E-state index in [-0.39, 0.29) is 12.5 Å². The van der Waals surface area contributed by atoms with Crippen LogP contribution >= 0.6 is 0 Å². The van der Waals surface area contributed by atoms with Crippen molar-refractivity contribution in [3.8, 4) is 5.75 Å². The van der Waals surface area contributed by atoms with E-state index < -0.39 is 0 Å². The molecule has 0 unspecified atom stereocenters. The molecule has 106 valence electrons. The molecule has 5 nitrogen and oxygen atoms in total. The van der Waals surface area contributed by atoms with E-state index in [1.807, 2.05) is 37.3 Å². The van der Waals surface area contributed by atoms with E-state index in [2.05, 4.69) is 17.3 Å². The van der Waals surface area contributed by atoms with E-state index in [4.69, 9.17) is 4.74 Å². The summed E-state index contributed by atoms with van der Waals surface area (Å²) in [7, 11) is 1.79. The van der Waals surface area contributed by atoms with E-state index in [1.54, 1.807) is 11.7 Å². The Morgan fingerprint density at radius 3 is 2.85 bits per heavy atom. The lowest BCUT2D eigenvalue weighted by Gasteiger charge is -2.08. The number of aromatic nitrogens is 2. The lowest BCUT2D eigenvalue weighted by atomic mass is 10.2. The standard InChI is InChI=1S/C15H19N3O2/c1-4-12-6-5-7-13(9-12)20-10-15(19)16-14-8-11(2)17-18(14)3/h5-9H,4,10H2,1-3H3,(H,16,19). The van der Waals surface area contributed by atoms with Crippen molar-refractivity contribution < 1.29 is 9.53 Å². The van der Waals surface area contributed by atoms with Crippen molar-refractivity contribution in [2.45, 2.75) is 20.3 Å².